The van der Waals surface area contributed by atoms with Crippen molar-refractivity contribution >= 4 is 10.8 Å². The smallest absolute Gasteiger partial charge is 0.130 e. The fourth-order valence-electron chi connectivity index (χ4n) is 1.68. The minimum Gasteiger partial charge on any atom is -0.507 e. The molecule has 78 valence electrons. The second-order valence-electron chi connectivity index (χ2n) is 3.17. The van der Waals surface area contributed by atoms with Gasteiger partial charge in [0.15, 0.2) is 0 Å². The van der Waals surface area contributed by atoms with E-state index in [0.717, 1.165) is 11.1 Å². The summed E-state index contributed by atoms with van der Waals surface area (Å²) in [6, 6.07) is 8.89. The van der Waals surface area contributed by atoms with Gasteiger partial charge in [-0.15, -0.1) is 0 Å². The first-order chi connectivity index (χ1) is 7.27. The Kier molecular flexibility index (Phi) is 2.37. The van der Waals surface area contributed by atoms with Crippen LogP contribution in [0.2, 0.25) is 0 Å². The Hall–Kier alpha value is -1.90. The van der Waals surface area contributed by atoms with Crippen molar-refractivity contribution in [3.05, 3.63) is 30.3 Å². The zero-order chi connectivity index (χ0) is 10.8. The summed E-state index contributed by atoms with van der Waals surface area (Å²) in [5.74, 6) is 1.56. The first-order valence-electron chi connectivity index (χ1n) is 4.60. The molecule has 0 atom stereocenters. The van der Waals surface area contributed by atoms with E-state index in [2.05, 4.69) is 0 Å². The highest BCUT2D eigenvalue weighted by atomic mass is 16.5. The standard InChI is InChI=1S/C12H12O3/c1-14-10-7-6-9(13)12-8(10)4-3-5-11(12)15-2/h3-7,13H,1-2H3. The number of hydrogen-bond acceptors (Lipinski definition) is 3. The van der Waals surface area contributed by atoms with E-state index in [-0.39, 0.29) is 5.75 Å². The molecule has 0 saturated carbocycles. The molecule has 0 aromatic heterocycles. The Morgan fingerprint density at radius 1 is 0.933 bits per heavy atom. The van der Waals surface area contributed by atoms with Crippen molar-refractivity contribution in [1.82, 2.24) is 0 Å². The number of fused-ring (bicyclic) bond motifs is 1. The Balaban J connectivity index is 2.86. The van der Waals surface area contributed by atoms with Crippen molar-refractivity contribution in [2.24, 2.45) is 0 Å². The zero-order valence-corrected chi connectivity index (χ0v) is 8.65. The minimum absolute atomic E-state index is 0.197. The summed E-state index contributed by atoms with van der Waals surface area (Å²) < 4.78 is 10.4. The topological polar surface area (TPSA) is 38.7 Å². The predicted octanol–water partition coefficient (Wildman–Crippen LogP) is 2.56. The number of hydrogen-bond donors (Lipinski definition) is 1. The van der Waals surface area contributed by atoms with Gasteiger partial charge in [0.25, 0.3) is 0 Å². The van der Waals surface area contributed by atoms with Crippen LogP contribution in [0, 0.1) is 0 Å². The molecular formula is C12H12O3. The van der Waals surface area contributed by atoms with Crippen molar-refractivity contribution < 1.29 is 14.6 Å². The van der Waals surface area contributed by atoms with E-state index >= 15 is 0 Å². The van der Waals surface area contributed by atoms with Gasteiger partial charge in [-0.1, -0.05) is 12.1 Å². The van der Waals surface area contributed by atoms with Crippen LogP contribution in [-0.4, -0.2) is 19.3 Å². The van der Waals surface area contributed by atoms with Crippen molar-refractivity contribution in [2.75, 3.05) is 14.2 Å². The summed E-state index contributed by atoms with van der Waals surface area (Å²) in [6.45, 7) is 0. The van der Waals surface area contributed by atoms with Gasteiger partial charge >= 0.3 is 0 Å². The lowest BCUT2D eigenvalue weighted by molar-refractivity contribution is 0.411. The van der Waals surface area contributed by atoms with Gasteiger partial charge in [-0.25, -0.2) is 0 Å². The number of phenolic OH excluding ortho intramolecular Hbond substituents is 1. The molecule has 2 rings (SSSR count). The zero-order valence-electron chi connectivity index (χ0n) is 8.65. The van der Waals surface area contributed by atoms with Crippen molar-refractivity contribution in [1.29, 1.82) is 0 Å². The summed E-state index contributed by atoms with van der Waals surface area (Å²) in [7, 11) is 3.18. The molecular weight excluding hydrogens is 192 g/mol. The lowest BCUT2D eigenvalue weighted by Crippen LogP contribution is -1.88. The third-order valence-corrected chi connectivity index (χ3v) is 2.38. The fourth-order valence-corrected chi connectivity index (χ4v) is 1.68. The summed E-state index contributed by atoms with van der Waals surface area (Å²) >= 11 is 0. The van der Waals surface area contributed by atoms with Gasteiger partial charge in [0.05, 0.1) is 19.6 Å². The molecule has 0 aliphatic heterocycles. The molecule has 0 unspecified atom stereocenters. The van der Waals surface area contributed by atoms with Crippen molar-refractivity contribution in [2.45, 2.75) is 0 Å². The molecule has 0 saturated heterocycles. The maximum atomic E-state index is 9.77. The van der Waals surface area contributed by atoms with E-state index in [4.69, 9.17) is 9.47 Å². The van der Waals surface area contributed by atoms with E-state index in [1.165, 1.54) is 0 Å². The second kappa shape index (κ2) is 3.69. The van der Waals surface area contributed by atoms with Gasteiger partial charge < -0.3 is 14.6 Å². The van der Waals surface area contributed by atoms with E-state index in [1.54, 1.807) is 26.4 Å². The van der Waals surface area contributed by atoms with E-state index in [1.807, 2.05) is 18.2 Å². The molecule has 15 heavy (non-hydrogen) atoms. The molecule has 2 aromatic rings. The Morgan fingerprint density at radius 3 is 2.33 bits per heavy atom. The normalized spacial score (nSPS) is 10.3. The van der Waals surface area contributed by atoms with Gasteiger partial charge in [-0.05, 0) is 18.2 Å². The molecule has 0 aliphatic rings. The number of aromatic hydroxyl groups is 1. The highest BCUT2D eigenvalue weighted by Crippen LogP contribution is 2.38. The quantitative estimate of drug-likeness (QED) is 0.817. The molecule has 0 amide bonds. The average Bonchev–Trinajstić information content (AvgIpc) is 2.29. The van der Waals surface area contributed by atoms with Crippen LogP contribution in [0.4, 0.5) is 0 Å². The number of phenols is 1. The van der Waals surface area contributed by atoms with Gasteiger partial charge in [0.1, 0.15) is 17.2 Å². The third kappa shape index (κ3) is 1.46. The van der Waals surface area contributed by atoms with Crippen LogP contribution in [0.25, 0.3) is 10.8 Å². The summed E-state index contributed by atoms with van der Waals surface area (Å²) in [5.41, 5.74) is 0. The molecule has 1 N–H and O–H groups in total. The van der Waals surface area contributed by atoms with E-state index < -0.39 is 0 Å². The molecule has 0 bridgehead atoms. The molecule has 0 radical (unpaired) electrons. The summed E-state index contributed by atoms with van der Waals surface area (Å²) in [6.07, 6.45) is 0. The van der Waals surface area contributed by atoms with Crippen molar-refractivity contribution in [3.63, 3.8) is 0 Å². The number of benzene rings is 2. The first kappa shape index (κ1) is 9.65. The predicted molar refractivity (Wildman–Crippen MR) is 58.7 cm³/mol. The highest BCUT2D eigenvalue weighted by molar-refractivity contribution is 5.97. The van der Waals surface area contributed by atoms with Crippen LogP contribution in [0.5, 0.6) is 17.2 Å². The molecule has 0 spiro atoms. The lowest BCUT2D eigenvalue weighted by Gasteiger charge is -2.10. The van der Waals surface area contributed by atoms with Gasteiger partial charge in [-0.2, -0.15) is 0 Å². The largest absolute Gasteiger partial charge is 0.507 e. The maximum Gasteiger partial charge on any atom is 0.130 e. The Morgan fingerprint density at radius 2 is 1.67 bits per heavy atom. The summed E-state index contributed by atoms with van der Waals surface area (Å²) in [4.78, 5) is 0. The third-order valence-electron chi connectivity index (χ3n) is 2.38. The van der Waals surface area contributed by atoms with Crippen LogP contribution in [-0.2, 0) is 0 Å². The van der Waals surface area contributed by atoms with E-state index in [9.17, 15) is 5.11 Å². The van der Waals surface area contributed by atoms with Crippen LogP contribution in [0.3, 0.4) is 0 Å². The molecule has 3 nitrogen and oxygen atoms in total. The van der Waals surface area contributed by atoms with Gasteiger partial charge in [0, 0.05) is 5.39 Å². The molecule has 3 heteroatoms. The Bertz CT molecular complexity index is 491. The van der Waals surface area contributed by atoms with E-state index in [0.29, 0.717) is 11.1 Å². The molecule has 2 aromatic carbocycles. The monoisotopic (exact) mass is 204 g/mol. The highest BCUT2D eigenvalue weighted by Gasteiger charge is 2.09. The van der Waals surface area contributed by atoms with Gasteiger partial charge in [0.2, 0.25) is 0 Å². The maximum absolute atomic E-state index is 9.77. The fraction of sp³-hybridized carbons (Fsp3) is 0.167. The summed E-state index contributed by atoms with van der Waals surface area (Å²) in [5, 5.41) is 11.3. The molecule has 0 heterocycles. The van der Waals surface area contributed by atoms with Gasteiger partial charge in [-0.3, -0.25) is 0 Å². The molecule has 0 fully saturated rings. The first-order valence-corrected chi connectivity index (χ1v) is 4.60. The second-order valence-corrected chi connectivity index (χ2v) is 3.17. The van der Waals surface area contributed by atoms with Crippen LogP contribution in [0.1, 0.15) is 0 Å². The van der Waals surface area contributed by atoms with Crippen LogP contribution >= 0.6 is 0 Å². The van der Waals surface area contributed by atoms with Crippen LogP contribution in [0.15, 0.2) is 30.3 Å². The average molecular weight is 204 g/mol. The Labute approximate surface area is 87.9 Å². The molecule has 0 aliphatic carbocycles. The lowest BCUT2D eigenvalue weighted by atomic mass is 10.1. The number of ether oxygens (including phenoxy) is 2. The number of rotatable bonds is 2. The SMILES string of the molecule is COc1ccc(O)c2c(OC)cccc12. The van der Waals surface area contributed by atoms with Crippen molar-refractivity contribution in [3.8, 4) is 17.2 Å². The minimum atomic E-state index is 0.197. The number of methoxy groups -OCH3 is 2. The van der Waals surface area contributed by atoms with Crippen LogP contribution < -0.4 is 9.47 Å².